The van der Waals surface area contributed by atoms with Crippen LogP contribution in [0.3, 0.4) is 0 Å². The molecule has 0 radical (unpaired) electrons. The Morgan fingerprint density at radius 3 is 2.75 bits per heavy atom. The normalized spacial score (nSPS) is 23.4. The largest absolute Gasteiger partial charge is 0.398 e. The molecule has 1 spiro atoms. The molecule has 2 aliphatic rings. The summed E-state index contributed by atoms with van der Waals surface area (Å²) < 4.78 is 15.3. The number of halogens is 1. The summed E-state index contributed by atoms with van der Waals surface area (Å²) in [5.41, 5.74) is 7.81. The number of carbonyl (C=O) groups is 1. The first-order valence-corrected chi connectivity index (χ1v) is 9.55. The lowest BCUT2D eigenvalue weighted by molar-refractivity contribution is 0.0824. The molecule has 2 aromatic rings. The van der Waals surface area contributed by atoms with E-state index in [0.29, 0.717) is 11.1 Å². The van der Waals surface area contributed by atoms with Gasteiger partial charge in [-0.25, -0.2) is 9.37 Å². The van der Waals surface area contributed by atoms with Crippen molar-refractivity contribution in [1.82, 2.24) is 9.88 Å². The summed E-state index contributed by atoms with van der Waals surface area (Å²) in [5.74, 6) is -0.273. The third-order valence-electron chi connectivity index (χ3n) is 6.07. The lowest BCUT2D eigenvalue weighted by Gasteiger charge is -2.35. The van der Waals surface area contributed by atoms with E-state index in [1.54, 1.807) is 32.4 Å². The van der Waals surface area contributed by atoms with Crippen molar-refractivity contribution in [3.63, 3.8) is 0 Å². The molecule has 1 aliphatic heterocycles. The van der Waals surface area contributed by atoms with E-state index in [1.165, 1.54) is 4.90 Å². The summed E-state index contributed by atoms with van der Waals surface area (Å²) in [6.45, 7) is 0.778. The van der Waals surface area contributed by atoms with E-state index in [4.69, 9.17) is 5.73 Å². The first-order chi connectivity index (χ1) is 13.3. The number of hydrogen-bond acceptors (Lipinski definition) is 5. The molecule has 4 N–H and O–H groups in total. The highest BCUT2D eigenvalue weighted by Crippen LogP contribution is 2.47. The van der Waals surface area contributed by atoms with E-state index in [1.807, 2.05) is 6.07 Å². The second-order valence-electron chi connectivity index (χ2n) is 8.08. The number of rotatable bonds is 2. The lowest BCUT2D eigenvalue weighted by Crippen LogP contribution is -2.35. The van der Waals surface area contributed by atoms with Crippen LogP contribution in [0.25, 0.3) is 11.1 Å². The Kier molecular flexibility index (Phi) is 4.50. The number of amides is 1. The summed E-state index contributed by atoms with van der Waals surface area (Å²) in [6, 6.07) is 5.13. The van der Waals surface area contributed by atoms with Gasteiger partial charge in [0.25, 0.3) is 5.91 Å². The fourth-order valence-corrected chi connectivity index (χ4v) is 4.36. The first kappa shape index (κ1) is 18.7. The van der Waals surface area contributed by atoms with Crippen LogP contribution in [0, 0.1) is 5.82 Å². The van der Waals surface area contributed by atoms with E-state index < -0.39 is 11.7 Å². The number of aromatic nitrogens is 1. The summed E-state index contributed by atoms with van der Waals surface area (Å²) >= 11 is 0. The molecule has 28 heavy (non-hydrogen) atoms. The van der Waals surface area contributed by atoms with Gasteiger partial charge in [-0.2, -0.15) is 0 Å². The van der Waals surface area contributed by atoms with E-state index in [2.05, 4.69) is 10.3 Å². The van der Waals surface area contributed by atoms with Crippen LogP contribution in [-0.2, 0) is 5.41 Å². The van der Waals surface area contributed by atoms with Crippen LogP contribution < -0.4 is 11.1 Å². The number of aliphatic hydroxyl groups is 1. The van der Waals surface area contributed by atoms with Crippen molar-refractivity contribution in [3.8, 4) is 11.1 Å². The highest BCUT2D eigenvalue weighted by atomic mass is 19.1. The molecule has 2 heterocycles. The second kappa shape index (κ2) is 6.74. The number of hydrogen-bond donors (Lipinski definition) is 3. The average Bonchev–Trinajstić information content (AvgIpc) is 3.02. The molecule has 1 amide bonds. The van der Waals surface area contributed by atoms with Crippen molar-refractivity contribution in [3.05, 3.63) is 41.3 Å². The number of nitrogens with zero attached hydrogens (tertiary/aromatic N) is 2. The van der Waals surface area contributed by atoms with Crippen LogP contribution in [0.15, 0.2) is 24.4 Å². The van der Waals surface area contributed by atoms with Gasteiger partial charge in [-0.15, -0.1) is 0 Å². The van der Waals surface area contributed by atoms with Crippen LogP contribution in [0.2, 0.25) is 0 Å². The Morgan fingerprint density at radius 2 is 2.07 bits per heavy atom. The van der Waals surface area contributed by atoms with Crippen LogP contribution in [-0.4, -0.2) is 47.6 Å². The molecule has 0 atom stereocenters. The SMILES string of the molecule is CN(C)C(=O)c1c(N)ccc(-c2cnc3c(c2)C2(CCC(O)CC2)CN3)c1F. The molecule has 1 saturated carbocycles. The average molecular weight is 384 g/mol. The van der Waals surface area contributed by atoms with Gasteiger partial charge in [-0.1, -0.05) is 0 Å². The Bertz CT molecular complexity index is 936. The van der Waals surface area contributed by atoms with Crippen molar-refractivity contribution in [2.75, 3.05) is 31.7 Å². The molecule has 4 rings (SSSR count). The van der Waals surface area contributed by atoms with E-state index >= 15 is 4.39 Å². The van der Waals surface area contributed by atoms with Gasteiger partial charge in [0.15, 0.2) is 0 Å². The molecule has 1 fully saturated rings. The smallest absolute Gasteiger partial charge is 0.258 e. The first-order valence-electron chi connectivity index (χ1n) is 9.55. The van der Waals surface area contributed by atoms with Gasteiger partial charge in [0.2, 0.25) is 0 Å². The molecule has 0 saturated heterocycles. The zero-order valence-corrected chi connectivity index (χ0v) is 16.1. The number of fused-ring (bicyclic) bond motifs is 2. The van der Waals surface area contributed by atoms with Crippen LogP contribution in [0.1, 0.15) is 41.6 Å². The summed E-state index contributed by atoms with van der Waals surface area (Å²) in [5, 5.41) is 13.2. The Hall–Kier alpha value is -2.67. The van der Waals surface area contributed by atoms with Crippen molar-refractivity contribution < 1.29 is 14.3 Å². The van der Waals surface area contributed by atoms with Crippen molar-refractivity contribution >= 4 is 17.4 Å². The Labute approximate surface area is 163 Å². The topological polar surface area (TPSA) is 91.5 Å². The zero-order chi connectivity index (χ0) is 20.1. The number of nitrogens with two attached hydrogens (primary N) is 1. The van der Waals surface area contributed by atoms with Crippen LogP contribution >= 0.6 is 0 Å². The predicted octanol–water partition coefficient (Wildman–Crippen LogP) is 2.77. The summed E-state index contributed by atoms with van der Waals surface area (Å²) in [4.78, 5) is 18.2. The third-order valence-corrected chi connectivity index (χ3v) is 6.07. The zero-order valence-electron chi connectivity index (χ0n) is 16.1. The molecular weight excluding hydrogens is 359 g/mol. The van der Waals surface area contributed by atoms with Crippen molar-refractivity contribution in [2.24, 2.45) is 0 Å². The fraction of sp³-hybridized carbons (Fsp3) is 0.429. The molecule has 0 unspecified atom stereocenters. The second-order valence-corrected chi connectivity index (χ2v) is 8.08. The Balaban J connectivity index is 1.78. The molecule has 148 valence electrons. The minimum atomic E-state index is -0.625. The van der Waals surface area contributed by atoms with Crippen molar-refractivity contribution in [2.45, 2.75) is 37.2 Å². The number of benzene rings is 1. The number of nitrogens with one attached hydrogen (secondary N) is 1. The molecule has 6 nitrogen and oxygen atoms in total. The van der Waals surface area contributed by atoms with Crippen LogP contribution in [0.4, 0.5) is 15.9 Å². The lowest BCUT2D eigenvalue weighted by atomic mass is 9.70. The van der Waals surface area contributed by atoms with Gasteiger partial charge >= 0.3 is 0 Å². The highest BCUT2D eigenvalue weighted by Gasteiger charge is 2.42. The van der Waals surface area contributed by atoms with E-state index in [-0.39, 0.29) is 22.8 Å². The van der Waals surface area contributed by atoms with Gasteiger partial charge in [0.1, 0.15) is 11.6 Å². The number of aliphatic hydroxyl groups excluding tert-OH is 1. The monoisotopic (exact) mass is 384 g/mol. The van der Waals surface area contributed by atoms with Crippen LogP contribution in [0.5, 0.6) is 0 Å². The van der Waals surface area contributed by atoms with Gasteiger partial charge in [0, 0.05) is 54.6 Å². The molecule has 7 heteroatoms. The van der Waals surface area contributed by atoms with Gasteiger partial charge in [-0.3, -0.25) is 4.79 Å². The Morgan fingerprint density at radius 1 is 1.36 bits per heavy atom. The van der Waals surface area contributed by atoms with Crippen molar-refractivity contribution in [1.29, 1.82) is 0 Å². The number of carbonyl (C=O) groups excluding carboxylic acids is 1. The predicted molar refractivity (Wildman–Crippen MR) is 107 cm³/mol. The third kappa shape index (κ3) is 2.90. The van der Waals surface area contributed by atoms with Gasteiger partial charge in [-0.05, 0) is 43.9 Å². The van der Waals surface area contributed by atoms with Gasteiger partial charge in [0.05, 0.1) is 11.7 Å². The number of anilines is 2. The number of pyridine rings is 1. The van der Waals surface area contributed by atoms with E-state index in [9.17, 15) is 9.90 Å². The minimum absolute atomic E-state index is 0.0792. The standard InChI is InChI=1S/C21H25FN4O2/c1-26(2)20(28)17-16(23)4-3-14(18(17)22)12-9-15-19(24-10-12)25-11-21(15)7-5-13(27)6-8-21/h3-4,9-10,13,27H,5-8,11,23H2,1-2H3,(H,24,25). The molecular formula is C21H25FN4O2. The van der Waals surface area contributed by atoms with Gasteiger partial charge < -0.3 is 21.1 Å². The maximum absolute atomic E-state index is 15.3. The number of nitrogen functional groups attached to an aromatic ring is 1. The maximum Gasteiger partial charge on any atom is 0.258 e. The highest BCUT2D eigenvalue weighted by molar-refractivity contribution is 6.00. The molecule has 0 bridgehead atoms. The van der Waals surface area contributed by atoms with E-state index in [0.717, 1.165) is 43.6 Å². The summed E-state index contributed by atoms with van der Waals surface area (Å²) in [6.07, 6.45) is 4.62. The minimum Gasteiger partial charge on any atom is -0.398 e. The quantitative estimate of drug-likeness (QED) is 0.693. The fourth-order valence-electron chi connectivity index (χ4n) is 4.36. The molecule has 1 aliphatic carbocycles. The maximum atomic E-state index is 15.3. The summed E-state index contributed by atoms with van der Waals surface area (Å²) in [7, 11) is 3.13. The molecule has 1 aromatic carbocycles. The molecule has 1 aromatic heterocycles.